The summed E-state index contributed by atoms with van der Waals surface area (Å²) in [4.78, 5) is 35.7. The molecule has 0 saturated carbocycles. The summed E-state index contributed by atoms with van der Waals surface area (Å²) < 4.78 is 21.0. The van der Waals surface area contributed by atoms with Crippen molar-refractivity contribution in [1.82, 2.24) is 4.57 Å². The van der Waals surface area contributed by atoms with Crippen LogP contribution < -0.4 is 15.4 Å². The molecular formula is C24H18ClFN4O5. The number of nitro benzene ring substituents is 1. The van der Waals surface area contributed by atoms with Crippen molar-refractivity contribution < 1.29 is 23.6 Å². The zero-order valence-electron chi connectivity index (χ0n) is 18.2. The maximum atomic E-state index is 14.1. The van der Waals surface area contributed by atoms with Crippen LogP contribution in [0.25, 0.3) is 10.9 Å². The minimum Gasteiger partial charge on any atom is -0.495 e. The van der Waals surface area contributed by atoms with Gasteiger partial charge in [0, 0.05) is 39.9 Å². The Balaban J connectivity index is 1.50. The molecule has 9 nitrogen and oxygen atoms in total. The lowest BCUT2D eigenvalue weighted by molar-refractivity contribution is -0.384. The number of ether oxygens (including phenoxy) is 1. The van der Waals surface area contributed by atoms with Crippen molar-refractivity contribution in [2.45, 2.75) is 6.54 Å². The maximum Gasteiger partial charge on any atom is 0.270 e. The second-order valence-corrected chi connectivity index (χ2v) is 7.92. The van der Waals surface area contributed by atoms with Gasteiger partial charge in [-0.15, -0.1) is 0 Å². The van der Waals surface area contributed by atoms with Gasteiger partial charge in [-0.1, -0.05) is 11.6 Å². The Morgan fingerprint density at radius 2 is 1.89 bits per heavy atom. The third-order valence-corrected chi connectivity index (χ3v) is 5.42. The predicted molar refractivity (Wildman–Crippen MR) is 130 cm³/mol. The molecule has 3 aromatic carbocycles. The number of non-ortho nitro benzene ring substituents is 1. The number of anilines is 2. The van der Waals surface area contributed by atoms with Crippen molar-refractivity contribution in [3.63, 3.8) is 0 Å². The highest BCUT2D eigenvalue weighted by molar-refractivity contribution is 6.30. The minimum absolute atomic E-state index is 0.0361. The van der Waals surface area contributed by atoms with E-state index in [-0.39, 0.29) is 34.4 Å². The number of fused-ring (bicyclic) bond motifs is 1. The van der Waals surface area contributed by atoms with Gasteiger partial charge in [-0.2, -0.15) is 0 Å². The second-order valence-electron chi connectivity index (χ2n) is 7.49. The Hall–Kier alpha value is -4.44. The van der Waals surface area contributed by atoms with Crippen LogP contribution in [0, 0.1) is 15.9 Å². The summed E-state index contributed by atoms with van der Waals surface area (Å²) in [5.74, 6) is -1.55. The number of nitrogens with zero attached hydrogens (tertiary/aromatic N) is 2. The fraction of sp³-hybridized carbons (Fsp3) is 0.0833. The topological polar surface area (TPSA) is 116 Å². The molecule has 0 spiro atoms. The Bertz CT molecular complexity index is 1470. The molecule has 2 N–H and O–H groups in total. The molecule has 4 rings (SSSR count). The largest absolute Gasteiger partial charge is 0.495 e. The number of hydrogen-bond acceptors (Lipinski definition) is 5. The minimum atomic E-state index is -0.775. The highest BCUT2D eigenvalue weighted by atomic mass is 35.5. The van der Waals surface area contributed by atoms with Crippen LogP contribution in [0.15, 0.2) is 66.9 Å². The quantitative estimate of drug-likeness (QED) is 0.268. The summed E-state index contributed by atoms with van der Waals surface area (Å²) in [5, 5.41) is 17.1. The normalized spacial score (nSPS) is 10.7. The molecule has 0 aliphatic carbocycles. The molecule has 0 fully saturated rings. The average Bonchev–Trinajstić information content (AvgIpc) is 3.21. The number of hydrogen-bond donors (Lipinski definition) is 2. The molecule has 0 aliphatic rings. The zero-order chi connectivity index (χ0) is 25.1. The van der Waals surface area contributed by atoms with Crippen LogP contribution in [0.3, 0.4) is 0 Å². The summed E-state index contributed by atoms with van der Waals surface area (Å²) in [6, 6.07) is 14.4. The number of carbonyl (C=O) groups excluding carboxylic acids is 2. The summed E-state index contributed by atoms with van der Waals surface area (Å²) in [6.07, 6.45) is 1.66. The van der Waals surface area contributed by atoms with Crippen molar-refractivity contribution in [3.05, 3.63) is 93.4 Å². The number of nitro groups is 1. The molecule has 0 aliphatic heterocycles. The van der Waals surface area contributed by atoms with Crippen LogP contribution in [0.2, 0.25) is 5.02 Å². The Morgan fingerprint density at radius 3 is 2.60 bits per heavy atom. The fourth-order valence-corrected chi connectivity index (χ4v) is 3.70. The van der Waals surface area contributed by atoms with Gasteiger partial charge in [0.1, 0.15) is 18.1 Å². The van der Waals surface area contributed by atoms with E-state index in [4.69, 9.17) is 16.3 Å². The van der Waals surface area contributed by atoms with Gasteiger partial charge in [0.05, 0.1) is 23.3 Å². The molecule has 1 aromatic heterocycles. The molecule has 11 heteroatoms. The van der Waals surface area contributed by atoms with E-state index in [1.807, 2.05) is 0 Å². The highest BCUT2D eigenvalue weighted by Gasteiger charge is 2.16. The van der Waals surface area contributed by atoms with Gasteiger partial charge in [-0.3, -0.25) is 19.7 Å². The maximum absolute atomic E-state index is 14.1. The molecule has 0 unspecified atom stereocenters. The SMILES string of the molecule is COc1ccc(NC(=O)Cn2ccc3cc([N+](=O)[O-])ccc32)cc1NC(=O)c1ccc(Cl)cc1F. The Labute approximate surface area is 203 Å². The van der Waals surface area contributed by atoms with Gasteiger partial charge in [-0.05, 0) is 48.5 Å². The van der Waals surface area contributed by atoms with Crippen LogP contribution in [-0.2, 0) is 11.3 Å². The van der Waals surface area contributed by atoms with Crippen molar-refractivity contribution in [2.75, 3.05) is 17.7 Å². The van der Waals surface area contributed by atoms with Crippen molar-refractivity contribution in [1.29, 1.82) is 0 Å². The summed E-state index contributed by atoms with van der Waals surface area (Å²) in [6.45, 7) is -0.0506. The lowest BCUT2D eigenvalue weighted by Crippen LogP contribution is -2.19. The number of benzene rings is 3. The molecular weight excluding hydrogens is 479 g/mol. The van der Waals surface area contributed by atoms with Crippen LogP contribution in [-0.4, -0.2) is 28.4 Å². The molecule has 35 heavy (non-hydrogen) atoms. The van der Waals surface area contributed by atoms with E-state index in [0.717, 1.165) is 6.07 Å². The van der Waals surface area contributed by atoms with E-state index in [0.29, 0.717) is 22.3 Å². The smallest absolute Gasteiger partial charge is 0.270 e. The lowest BCUT2D eigenvalue weighted by atomic mass is 10.2. The van der Waals surface area contributed by atoms with Crippen LogP contribution >= 0.6 is 11.6 Å². The lowest BCUT2D eigenvalue weighted by Gasteiger charge is -2.13. The number of aromatic nitrogens is 1. The van der Waals surface area contributed by atoms with E-state index in [1.54, 1.807) is 35.0 Å². The number of amides is 2. The molecule has 178 valence electrons. The third-order valence-electron chi connectivity index (χ3n) is 5.19. The second kappa shape index (κ2) is 9.82. The van der Waals surface area contributed by atoms with Crippen molar-refractivity contribution >= 4 is 51.4 Å². The highest BCUT2D eigenvalue weighted by Crippen LogP contribution is 2.29. The van der Waals surface area contributed by atoms with Gasteiger partial charge in [0.15, 0.2) is 0 Å². The molecule has 2 amide bonds. The first-order valence-corrected chi connectivity index (χ1v) is 10.6. The predicted octanol–water partition coefficient (Wildman–Crippen LogP) is 5.24. The van der Waals surface area contributed by atoms with Crippen LogP contribution in [0.4, 0.5) is 21.5 Å². The number of methoxy groups -OCH3 is 1. The van der Waals surface area contributed by atoms with Crippen LogP contribution in [0.1, 0.15) is 10.4 Å². The molecule has 0 saturated heterocycles. The van der Waals surface area contributed by atoms with E-state index in [9.17, 15) is 24.1 Å². The van der Waals surface area contributed by atoms with E-state index in [1.165, 1.54) is 37.4 Å². The summed E-state index contributed by atoms with van der Waals surface area (Å²) in [5.41, 5.74) is 1.02. The Kier molecular flexibility index (Phi) is 6.65. The van der Waals surface area contributed by atoms with Crippen molar-refractivity contribution in [2.24, 2.45) is 0 Å². The zero-order valence-corrected chi connectivity index (χ0v) is 19.0. The molecule has 1 heterocycles. The van der Waals surface area contributed by atoms with Gasteiger partial charge in [0.25, 0.3) is 11.6 Å². The third kappa shape index (κ3) is 5.22. The number of rotatable bonds is 7. The first-order valence-electron chi connectivity index (χ1n) is 10.2. The van der Waals surface area contributed by atoms with Gasteiger partial charge >= 0.3 is 0 Å². The van der Waals surface area contributed by atoms with Gasteiger partial charge in [-0.25, -0.2) is 4.39 Å². The number of nitrogens with one attached hydrogen (secondary N) is 2. The van der Waals surface area contributed by atoms with Crippen molar-refractivity contribution in [3.8, 4) is 5.75 Å². The van der Waals surface area contributed by atoms with E-state index >= 15 is 0 Å². The van der Waals surface area contributed by atoms with Crippen LogP contribution in [0.5, 0.6) is 5.75 Å². The first kappa shape index (κ1) is 23.7. The van der Waals surface area contributed by atoms with E-state index in [2.05, 4.69) is 10.6 Å². The number of halogens is 2. The molecule has 0 bridgehead atoms. The standard InChI is InChI=1S/C24H18ClFN4O5/c1-35-22-7-3-16(12-20(22)28-24(32)18-5-2-15(25)11-19(18)26)27-23(31)13-29-9-8-14-10-17(30(33)34)4-6-21(14)29/h2-12H,13H2,1H3,(H,27,31)(H,28,32). The molecule has 4 aromatic rings. The first-order chi connectivity index (χ1) is 16.7. The monoisotopic (exact) mass is 496 g/mol. The summed E-state index contributed by atoms with van der Waals surface area (Å²) >= 11 is 5.74. The Morgan fingerprint density at radius 1 is 1.09 bits per heavy atom. The fourth-order valence-electron chi connectivity index (χ4n) is 3.54. The molecule has 0 atom stereocenters. The average molecular weight is 497 g/mol. The summed E-state index contributed by atoms with van der Waals surface area (Å²) in [7, 11) is 1.41. The van der Waals surface area contributed by atoms with Gasteiger partial charge in [0.2, 0.25) is 5.91 Å². The van der Waals surface area contributed by atoms with Gasteiger partial charge < -0.3 is 19.9 Å². The molecule has 0 radical (unpaired) electrons. The number of carbonyl (C=O) groups is 2. The van der Waals surface area contributed by atoms with E-state index < -0.39 is 16.6 Å².